The van der Waals surface area contributed by atoms with Gasteiger partial charge in [0.2, 0.25) is 5.89 Å². The standard InChI is InChI=1S/C19H17N3O3/c1-11(19(23)24)10-22-12(2)20-15-9-13(7-8-16(15)22)18-21-14-5-3-4-6-17(14)25-18/h3-9,11H,10H2,1-2H3,(H,23,24). The second-order valence-electron chi connectivity index (χ2n) is 6.20. The molecule has 0 bridgehead atoms. The normalized spacial score (nSPS) is 12.7. The van der Waals surface area contributed by atoms with Crippen molar-refractivity contribution in [3.05, 3.63) is 48.3 Å². The molecule has 0 fully saturated rings. The Morgan fingerprint density at radius 3 is 2.76 bits per heavy atom. The molecule has 2 aromatic heterocycles. The van der Waals surface area contributed by atoms with Gasteiger partial charge in [-0.25, -0.2) is 9.97 Å². The molecule has 0 aliphatic rings. The number of aromatic nitrogens is 3. The zero-order valence-electron chi connectivity index (χ0n) is 13.9. The van der Waals surface area contributed by atoms with Gasteiger partial charge >= 0.3 is 5.97 Å². The predicted molar refractivity (Wildman–Crippen MR) is 94.3 cm³/mol. The van der Waals surface area contributed by atoms with Crippen LogP contribution in [0.3, 0.4) is 0 Å². The number of carboxylic acids is 1. The van der Waals surface area contributed by atoms with Gasteiger partial charge in [-0.15, -0.1) is 0 Å². The third-order valence-electron chi connectivity index (χ3n) is 4.36. The second-order valence-corrected chi connectivity index (χ2v) is 6.20. The molecule has 6 heteroatoms. The highest BCUT2D eigenvalue weighted by molar-refractivity contribution is 5.83. The first-order chi connectivity index (χ1) is 12.0. The van der Waals surface area contributed by atoms with E-state index in [4.69, 9.17) is 9.52 Å². The molecule has 6 nitrogen and oxygen atoms in total. The minimum Gasteiger partial charge on any atom is -0.481 e. The number of para-hydroxylation sites is 2. The van der Waals surface area contributed by atoms with Crippen LogP contribution >= 0.6 is 0 Å². The molecule has 0 saturated heterocycles. The molecular weight excluding hydrogens is 318 g/mol. The predicted octanol–water partition coefficient (Wildman–Crippen LogP) is 3.87. The lowest BCUT2D eigenvalue weighted by atomic mass is 10.1. The van der Waals surface area contributed by atoms with Crippen molar-refractivity contribution in [2.45, 2.75) is 20.4 Å². The molecule has 0 spiro atoms. The summed E-state index contributed by atoms with van der Waals surface area (Å²) in [5.74, 6) is 0.0455. The Hall–Kier alpha value is -3.15. The fourth-order valence-electron chi connectivity index (χ4n) is 2.96. The van der Waals surface area contributed by atoms with E-state index in [0.29, 0.717) is 12.4 Å². The van der Waals surface area contributed by atoms with Crippen molar-refractivity contribution in [1.82, 2.24) is 14.5 Å². The van der Waals surface area contributed by atoms with Crippen LogP contribution in [0.2, 0.25) is 0 Å². The molecule has 0 radical (unpaired) electrons. The highest BCUT2D eigenvalue weighted by atomic mass is 16.4. The van der Waals surface area contributed by atoms with Crippen molar-refractivity contribution in [1.29, 1.82) is 0 Å². The maximum absolute atomic E-state index is 11.1. The van der Waals surface area contributed by atoms with Gasteiger partial charge < -0.3 is 14.1 Å². The van der Waals surface area contributed by atoms with Crippen LogP contribution in [0, 0.1) is 12.8 Å². The van der Waals surface area contributed by atoms with E-state index in [-0.39, 0.29) is 0 Å². The number of carboxylic acid groups (broad SMARTS) is 1. The molecule has 1 atom stereocenters. The summed E-state index contributed by atoms with van der Waals surface area (Å²) < 4.78 is 7.75. The monoisotopic (exact) mass is 335 g/mol. The summed E-state index contributed by atoms with van der Waals surface area (Å²) in [7, 11) is 0. The van der Waals surface area contributed by atoms with Crippen molar-refractivity contribution in [3.8, 4) is 11.5 Å². The van der Waals surface area contributed by atoms with E-state index < -0.39 is 11.9 Å². The van der Waals surface area contributed by atoms with E-state index >= 15 is 0 Å². The first-order valence-corrected chi connectivity index (χ1v) is 8.08. The summed E-state index contributed by atoms with van der Waals surface area (Å²) in [6.45, 7) is 3.97. The second kappa shape index (κ2) is 5.73. The molecule has 0 aliphatic heterocycles. The minimum absolute atomic E-state index is 0.389. The quantitative estimate of drug-likeness (QED) is 0.612. The molecule has 4 rings (SSSR count). The number of aryl methyl sites for hydroxylation is 1. The molecule has 4 aromatic rings. The van der Waals surface area contributed by atoms with Gasteiger partial charge in [-0.1, -0.05) is 19.1 Å². The van der Waals surface area contributed by atoms with Crippen molar-refractivity contribution in [3.63, 3.8) is 0 Å². The number of benzene rings is 2. The topological polar surface area (TPSA) is 81.2 Å². The molecular formula is C19H17N3O3. The first kappa shape index (κ1) is 15.4. The van der Waals surface area contributed by atoms with E-state index in [1.165, 1.54) is 0 Å². The number of imidazole rings is 1. The lowest BCUT2D eigenvalue weighted by molar-refractivity contribution is -0.141. The lowest BCUT2D eigenvalue weighted by Crippen LogP contribution is -2.17. The highest BCUT2D eigenvalue weighted by Gasteiger charge is 2.17. The van der Waals surface area contributed by atoms with E-state index in [0.717, 1.165) is 33.5 Å². The average molecular weight is 335 g/mol. The summed E-state index contributed by atoms with van der Waals surface area (Å²) in [6, 6.07) is 13.4. The van der Waals surface area contributed by atoms with Crippen LogP contribution < -0.4 is 0 Å². The van der Waals surface area contributed by atoms with Gasteiger partial charge in [0.15, 0.2) is 5.58 Å². The molecule has 126 valence electrons. The molecule has 1 N–H and O–H groups in total. The van der Waals surface area contributed by atoms with Crippen LogP contribution in [0.25, 0.3) is 33.6 Å². The maximum Gasteiger partial charge on any atom is 0.308 e. The van der Waals surface area contributed by atoms with Crippen LogP contribution in [0.5, 0.6) is 0 Å². The Bertz CT molecular complexity index is 1060. The van der Waals surface area contributed by atoms with Crippen molar-refractivity contribution < 1.29 is 14.3 Å². The minimum atomic E-state index is -0.815. The van der Waals surface area contributed by atoms with Crippen LogP contribution in [-0.4, -0.2) is 25.6 Å². The summed E-state index contributed by atoms with van der Waals surface area (Å²) in [4.78, 5) is 20.2. The summed E-state index contributed by atoms with van der Waals surface area (Å²) in [6.07, 6.45) is 0. The largest absolute Gasteiger partial charge is 0.481 e. The van der Waals surface area contributed by atoms with Crippen LogP contribution in [0.15, 0.2) is 46.9 Å². The van der Waals surface area contributed by atoms with Gasteiger partial charge in [-0.05, 0) is 37.3 Å². The number of rotatable bonds is 4. The van der Waals surface area contributed by atoms with Crippen molar-refractivity contribution >= 4 is 28.1 Å². The molecule has 1 unspecified atom stereocenters. The van der Waals surface area contributed by atoms with E-state index in [2.05, 4.69) is 9.97 Å². The van der Waals surface area contributed by atoms with Crippen LogP contribution in [0.4, 0.5) is 0 Å². The molecule has 2 aromatic carbocycles. The van der Waals surface area contributed by atoms with Gasteiger partial charge in [-0.3, -0.25) is 4.79 Å². The number of hydrogen-bond donors (Lipinski definition) is 1. The molecule has 0 saturated carbocycles. The average Bonchev–Trinajstić information content (AvgIpc) is 3.15. The van der Waals surface area contributed by atoms with Crippen LogP contribution in [0.1, 0.15) is 12.7 Å². The third kappa shape index (κ3) is 2.65. The van der Waals surface area contributed by atoms with Crippen LogP contribution in [-0.2, 0) is 11.3 Å². The van der Waals surface area contributed by atoms with Gasteiger partial charge in [0.25, 0.3) is 0 Å². The number of hydrogen-bond acceptors (Lipinski definition) is 4. The maximum atomic E-state index is 11.1. The molecule has 25 heavy (non-hydrogen) atoms. The molecule has 2 heterocycles. The number of oxazole rings is 1. The summed E-state index contributed by atoms with van der Waals surface area (Å²) in [5.41, 5.74) is 4.11. The fraction of sp³-hybridized carbons (Fsp3) is 0.211. The Labute approximate surface area is 143 Å². The van der Waals surface area contributed by atoms with Gasteiger partial charge in [0, 0.05) is 12.1 Å². The van der Waals surface area contributed by atoms with E-state index in [1.54, 1.807) is 6.92 Å². The Balaban J connectivity index is 1.77. The number of fused-ring (bicyclic) bond motifs is 2. The zero-order valence-corrected chi connectivity index (χ0v) is 13.9. The third-order valence-corrected chi connectivity index (χ3v) is 4.36. The highest BCUT2D eigenvalue weighted by Crippen LogP contribution is 2.27. The summed E-state index contributed by atoms with van der Waals surface area (Å²) in [5, 5.41) is 9.15. The van der Waals surface area contributed by atoms with Gasteiger partial charge in [0.05, 0.1) is 17.0 Å². The first-order valence-electron chi connectivity index (χ1n) is 8.08. The smallest absolute Gasteiger partial charge is 0.308 e. The van der Waals surface area contributed by atoms with Gasteiger partial charge in [-0.2, -0.15) is 0 Å². The van der Waals surface area contributed by atoms with Crippen molar-refractivity contribution in [2.24, 2.45) is 5.92 Å². The van der Waals surface area contributed by atoms with E-state index in [1.807, 2.05) is 54.0 Å². The number of nitrogens with zero attached hydrogens (tertiary/aromatic N) is 3. The number of aliphatic carboxylic acids is 1. The Morgan fingerprint density at radius 2 is 2.00 bits per heavy atom. The van der Waals surface area contributed by atoms with Crippen molar-refractivity contribution in [2.75, 3.05) is 0 Å². The fourth-order valence-corrected chi connectivity index (χ4v) is 2.96. The number of carbonyl (C=O) groups is 1. The lowest BCUT2D eigenvalue weighted by Gasteiger charge is -2.10. The SMILES string of the molecule is Cc1nc2cc(-c3nc4ccccc4o3)ccc2n1CC(C)C(=O)O. The van der Waals surface area contributed by atoms with E-state index in [9.17, 15) is 4.79 Å². The Morgan fingerprint density at radius 1 is 1.20 bits per heavy atom. The summed E-state index contributed by atoms with van der Waals surface area (Å²) >= 11 is 0. The zero-order chi connectivity index (χ0) is 17.6. The van der Waals surface area contributed by atoms with Gasteiger partial charge in [0.1, 0.15) is 11.3 Å². The Kier molecular flexibility index (Phi) is 3.53. The molecule has 0 aliphatic carbocycles. The molecule has 0 amide bonds.